The molecule has 0 saturated heterocycles. The Balaban J connectivity index is 3.05. The van der Waals surface area contributed by atoms with E-state index < -0.39 is 12.2 Å². The first-order valence-corrected chi connectivity index (χ1v) is 6.20. The molecule has 0 saturated carbocycles. The van der Waals surface area contributed by atoms with Crippen molar-refractivity contribution in [1.82, 2.24) is 15.1 Å². The zero-order valence-electron chi connectivity index (χ0n) is 10.6. The third-order valence-corrected chi connectivity index (χ3v) is 3.27. The number of aryl methyl sites for hydroxylation is 2. The third kappa shape index (κ3) is 3.17. The average molecular weight is 284 g/mol. The summed E-state index contributed by atoms with van der Waals surface area (Å²) in [6.45, 7) is 4.20. The summed E-state index contributed by atoms with van der Waals surface area (Å²) in [5.41, 5.74) is 1.08. The summed E-state index contributed by atoms with van der Waals surface area (Å²) in [6, 6.07) is -1.61. The molecule has 0 fully saturated rings. The second-order valence-electron chi connectivity index (χ2n) is 3.96. The zero-order chi connectivity index (χ0) is 13.9. The van der Waals surface area contributed by atoms with Crippen molar-refractivity contribution in [2.45, 2.75) is 45.5 Å². The van der Waals surface area contributed by atoms with Crippen molar-refractivity contribution in [3.05, 3.63) is 16.4 Å². The second-order valence-corrected chi connectivity index (χ2v) is 4.34. The molecule has 1 unspecified atom stereocenters. The van der Waals surface area contributed by atoms with Crippen LogP contribution < -0.4 is 5.32 Å². The first-order chi connectivity index (χ1) is 8.35. The molecule has 1 aromatic heterocycles. The number of likely N-dealkylation sites (N-methyl/N-ethyl adjacent to an activating group) is 1. The monoisotopic (exact) mass is 283 g/mol. The molecule has 18 heavy (non-hydrogen) atoms. The minimum Gasteiger partial charge on any atom is -0.309 e. The maximum Gasteiger partial charge on any atom is 0.404 e. The van der Waals surface area contributed by atoms with Crippen LogP contribution in [-0.2, 0) is 19.4 Å². The van der Waals surface area contributed by atoms with E-state index in [1.54, 1.807) is 0 Å². The quantitative estimate of drug-likeness (QED) is 0.900. The van der Waals surface area contributed by atoms with Gasteiger partial charge in [-0.3, -0.25) is 4.68 Å². The molecule has 0 aliphatic rings. The van der Waals surface area contributed by atoms with E-state index in [1.807, 2.05) is 13.8 Å². The summed E-state index contributed by atoms with van der Waals surface area (Å²) in [5, 5.41) is 6.83. The van der Waals surface area contributed by atoms with E-state index in [1.165, 1.54) is 11.7 Å². The van der Waals surface area contributed by atoms with E-state index in [2.05, 4.69) is 10.4 Å². The van der Waals surface area contributed by atoms with E-state index in [4.69, 9.17) is 11.6 Å². The molecular formula is C11H17ClF3N3. The highest BCUT2D eigenvalue weighted by molar-refractivity contribution is 6.31. The van der Waals surface area contributed by atoms with Crippen LogP contribution in [0.5, 0.6) is 0 Å². The maximum absolute atomic E-state index is 12.7. The van der Waals surface area contributed by atoms with E-state index in [0.717, 1.165) is 0 Å². The molecule has 0 amide bonds. The molecule has 0 spiro atoms. The molecule has 1 rings (SSSR count). The molecule has 1 atom stereocenters. The van der Waals surface area contributed by atoms with Gasteiger partial charge in [0.05, 0.1) is 16.4 Å². The summed E-state index contributed by atoms with van der Waals surface area (Å²) in [4.78, 5) is 0. The van der Waals surface area contributed by atoms with Gasteiger partial charge in [0.2, 0.25) is 0 Å². The largest absolute Gasteiger partial charge is 0.404 e. The summed E-state index contributed by atoms with van der Waals surface area (Å²) < 4.78 is 39.7. The third-order valence-electron chi connectivity index (χ3n) is 2.84. The van der Waals surface area contributed by atoms with Crippen LogP contribution in [0.15, 0.2) is 0 Å². The van der Waals surface area contributed by atoms with Crippen LogP contribution in [0.2, 0.25) is 5.02 Å². The van der Waals surface area contributed by atoms with Gasteiger partial charge in [0, 0.05) is 13.0 Å². The van der Waals surface area contributed by atoms with Crippen molar-refractivity contribution < 1.29 is 13.2 Å². The van der Waals surface area contributed by atoms with Crippen LogP contribution in [0.25, 0.3) is 0 Å². The highest BCUT2D eigenvalue weighted by atomic mass is 35.5. The fourth-order valence-electron chi connectivity index (χ4n) is 1.79. The lowest BCUT2D eigenvalue weighted by Crippen LogP contribution is -2.42. The molecule has 3 nitrogen and oxygen atoms in total. The Labute approximate surface area is 109 Å². The van der Waals surface area contributed by atoms with Gasteiger partial charge in [-0.05, 0) is 20.4 Å². The molecule has 1 aromatic rings. The molecule has 0 aromatic carbocycles. The van der Waals surface area contributed by atoms with Crippen molar-refractivity contribution >= 4 is 11.6 Å². The number of hydrogen-bond donors (Lipinski definition) is 1. The first kappa shape index (κ1) is 15.3. The SMILES string of the molecule is CCc1nn(CC)c(CC(NC)C(F)(F)F)c1Cl. The summed E-state index contributed by atoms with van der Waals surface area (Å²) in [6.07, 6.45) is -3.90. The number of aromatic nitrogens is 2. The molecule has 0 radical (unpaired) electrons. The second kappa shape index (κ2) is 5.93. The Bertz CT molecular complexity index is 401. The lowest BCUT2D eigenvalue weighted by Gasteiger charge is -2.20. The van der Waals surface area contributed by atoms with Crippen molar-refractivity contribution in [2.75, 3.05) is 7.05 Å². The molecule has 1 N–H and O–H groups in total. The Hall–Kier alpha value is -0.750. The first-order valence-electron chi connectivity index (χ1n) is 5.83. The predicted molar refractivity (Wildman–Crippen MR) is 64.9 cm³/mol. The summed E-state index contributed by atoms with van der Waals surface area (Å²) in [5.74, 6) is 0. The lowest BCUT2D eigenvalue weighted by atomic mass is 10.1. The smallest absolute Gasteiger partial charge is 0.309 e. The maximum atomic E-state index is 12.7. The zero-order valence-corrected chi connectivity index (χ0v) is 11.4. The highest BCUT2D eigenvalue weighted by Gasteiger charge is 2.39. The van der Waals surface area contributed by atoms with Crippen LogP contribution >= 0.6 is 11.6 Å². The summed E-state index contributed by atoms with van der Waals surface area (Å²) in [7, 11) is 1.29. The van der Waals surface area contributed by atoms with Gasteiger partial charge in [0.1, 0.15) is 6.04 Å². The van der Waals surface area contributed by atoms with Crippen molar-refractivity contribution in [3.8, 4) is 0 Å². The van der Waals surface area contributed by atoms with E-state index >= 15 is 0 Å². The van der Waals surface area contributed by atoms with Crippen LogP contribution in [0.1, 0.15) is 25.2 Å². The van der Waals surface area contributed by atoms with Gasteiger partial charge in [-0.15, -0.1) is 0 Å². The highest BCUT2D eigenvalue weighted by Crippen LogP contribution is 2.28. The fraction of sp³-hybridized carbons (Fsp3) is 0.727. The Morgan fingerprint density at radius 1 is 1.39 bits per heavy atom. The normalized spacial score (nSPS) is 13.9. The van der Waals surface area contributed by atoms with E-state index in [0.29, 0.717) is 29.4 Å². The van der Waals surface area contributed by atoms with Gasteiger partial charge in [0.25, 0.3) is 0 Å². The average Bonchev–Trinajstić information content (AvgIpc) is 2.60. The molecule has 7 heteroatoms. The van der Waals surface area contributed by atoms with E-state index in [-0.39, 0.29) is 6.42 Å². The minimum atomic E-state index is -4.30. The van der Waals surface area contributed by atoms with Gasteiger partial charge in [-0.2, -0.15) is 18.3 Å². The predicted octanol–water partition coefficient (Wildman–Crippen LogP) is 2.81. The molecule has 1 heterocycles. The number of hydrogen-bond acceptors (Lipinski definition) is 2. The number of nitrogens with zero attached hydrogens (tertiary/aromatic N) is 2. The number of alkyl halides is 3. The van der Waals surface area contributed by atoms with Crippen LogP contribution in [0.4, 0.5) is 13.2 Å². The standard InChI is InChI=1S/C11H17ClF3N3/c1-4-7-10(12)8(18(5-2)17-7)6-9(16-3)11(13,14)15/h9,16H,4-6H2,1-3H3. The van der Waals surface area contributed by atoms with Crippen molar-refractivity contribution in [3.63, 3.8) is 0 Å². The van der Waals surface area contributed by atoms with Crippen LogP contribution in [0.3, 0.4) is 0 Å². The topological polar surface area (TPSA) is 29.9 Å². The van der Waals surface area contributed by atoms with Crippen LogP contribution in [0, 0.1) is 0 Å². The van der Waals surface area contributed by atoms with E-state index in [9.17, 15) is 13.2 Å². The van der Waals surface area contributed by atoms with Gasteiger partial charge >= 0.3 is 6.18 Å². The molecule has 0 aliphatic heterocycles. The van der Waals surface area contributed by atoms with Crippen LogP contribution in [-0.4, -0.2) is 29.0 Å². The summed E-state index contributed by atoms with van der Waals surface area (Å²) >= 11 is 6.08. The van der Waals surface area contributed by atoms with Gasteiger partial charge in [-0.1, -0.05) is 18.5 Å². The van der Waals surface area contributed by atoms with Gasteiger partial charge < -0.3 is 5.32 Å². The van der Waals surface area contributed by atoms with Gasteiger partial charge in [0.15, 0.2) is 0 Å². The Kier molecular flexibility index (Phi) is 5.04. The lowest BCUT2D eigenvalue weighted by molar-refractivity contribution is -0.154. The number of halogens is 4. The Morgan fingerprint density at radius 2 is 2.00 bits per heavy atom. The molecule has 104 valence electrons. The van der Waals surface area contributed by atoms with Crippen molar-refractivity contribution in [2.24, 2.45) is 0 Å². The molecule has 0 aliphatic carbocycles. The molecular weight excluding hydrogens is 267 g/mol. The molecule has 0 bridgehead atoms. The minimum absolute atomic E-state index is 0.209. The Morgan fingerprint density at radius 3 is 2.39 bits per heavy atom. The number of nitrogens with one attached hydrogen (secondary N) is 1. The fourth-order valence-corrected chi connectivity index (χ4v) is 2.13. The van der Waals surface area contributed by atoms with Gasteiger partial charge in [-0.25, -0.2) is 0 Å². The van der Waals surface area contributed by atoms with Crippen molar-refractivity contribution in [1.29, 1.82) is 0 Å². The number of rotatable bonds is 5.